The van der Waals surface area contributed by atoms with Crippen LogP contribution in [0.2, 0.25) is 0 Å². The fourth-order valence-corrected chi connectivity index (χ4v) is 1.96. The topological polar surface area (TPSA) is 9.23 Å². The molecule has 0 heterocycles. The van der Waals surface area contributed by atoms with Crippen LogP contribution in [-0.2, 0) is 4.74 Å². The number of hydrogen-bond donors (Lipinski definition) is 0. The summed E-state index contributed by atoms with van der Waals surface area (Å²) >= 11 is 0. The second kappa shape index (κ2) is 10.9. The summed E-state index contributed by atoms with van der Waals surface area (Å²) in [6, 6.07) is 0. The Morgan fingerprint density at radius 1 is 1.06 bits per heavy atom. The summed E-state index contributed by atoms with van der Waals surface area (Å²) in [6.45, 7) is 4.59. The summed E-state index contributed by atoms with van der Waals surface area (Å²) in [5, 5.41) is 0. The first-order valence-corrected chi connectivity index (χ1v) is 7.18. The monoisotopic (exact) mass is 246 g/mol. The second-order valence-electron chi connectivity index (χ2n) is 4.75. The third-order valence-corrected chi connectivity index (χ3v) is 3.07. The average Bonchev–Trinajstić information content (AvgIpc) is 2.42. The maximum Gasteiger partial charge on any atom is 0.0873 e. The Morgan fingerprint density at radius 3 is 2.56 bits per heavy atom. The third kappa shape index (κ3) is 7.94. The Balaban J connectivity index is 1.85. The lowest BCUT2D eigenvalue weighted by atomic mass is 10.1. The molecule has 0 unspecified atom stereocenters. The fourth-order valence-electron chi connectivity index (χ4n) is 1.96. The Hall–Kier alpha value is -1.24. The number of hydrogen-bond acceptors (Lipinski definition) is 1. The van der Waals surface area contributed by atoms with Crippen LogP contribution in [0, 0.1) is 0 Å². The van der Waals surface area contributed by atoms with Crippen LogP contribution in [0.4, 0.5) is 0 Å². The molecule has 18 heavy (non-hydrogen) atoms. The average molecular weight is 246 g/mol. The van der Waals surface area contributed by atoms with Gasteiger partial charge in [-0.3, -0.25) is 0 Å². The van der Waals surface area contributed by atoms with Gasteiger partial charge >= 0.3 is 0 Å². The summed E-state index contributed by atoms with van der Waals surface area (Å²) in [7, 11) is 0. The van der Waals surface area contributed by atoms with Crippen LogP contribution < -0.4 is 0 Å². The summed E-state index contributed by atoms with van der Waals surface area (Å²) in [4.78, 5) is 0. The predicted octanol–water partition coefficient (Wildman–Crippen LogP) is 5.32. The van der Waals surface area contributed by atoms with E-state index in [2.05, 4.69) is 30.9 Å². The number of allylic oxidation sites excluding steroid dienone is 6. The van der Waals surface area contributed by atoms with Gasteiger partial charge < -0.3 is 4.74 Å². The number of unbranched alkanes of at least 4 members (excludes halogenated alkanes) is 6. The zero-order chi connectivity index (χ0) is 12.9. The van der Waals surface area contributed by atoms with Crippen molar-refractivity contribution < 1.29 is 4.74 Å². The van der Waals surface area contributed by atoms with Gasteiger partial charge in [0.2, 0.25) is 0 Å². The molecule has 0 aromatic rings. The number of ether oxygens (including phenoxy) is 1. The molecule has 0 amide bonds. The van der Waals surface area contributed by atoms with Gasteiger partial charge in [-0.15, -0.1) is 6.58 Å². The molecular formula is C17H26O. The highest BCUT2D eigenvalue weighted by Crippen LogP contribution is 2.11. The van der Waals surface area contributed by atoms with E-state index in [0.717, 1.165) is 13.0 Å². The molecule has 0 N–H and O–H groups in total. The van der Waals surface area contributed by atoms with Crippen LogP contribution in [0.15, 0.2) is 48.8 Å². The van der Waals surface area contributed by atoms with E-state index in [0.29, 0.717) is 0 Å². The Bertz CT molecular complexity index is 297. The Morgan fingerprint density at radius 2 is 1.83 bits per heavy atom. The number of rotatable bonds is 10. The van der Waals surface area contributed by atoms with Crippen LogP contribution in [0.3, 0.4) is 0 Å². The summed E-state index contributed by atoms with van der Waals surface area (Å²) in [5.41, 5.74) is 1.27. The maximum atomic E-state index is 5.56. The van der Waals surface area contributed by atoms with E-state index >= 15 is 0 Å². The fraction of sp³-hybridized carbons (Fsp3) is 0.529. The zero-order valence-corrected chi connectivity index (χ0v) is 11.4. The Labute approximate surface area is 112 Å². The van der Waals surface area contributed by atoms with Crippen molar-refractivity contribution in [3.05, 3.63) is 48.8 Å². The molecule has 0 saturated heterocycles. The molecule has 0 aliphatic heterocycles. The third-order valence-electron chi connectivity index (χ3n) is 3.07. The molecule has 1 aliphatic carbocycles. The summed E-state index contributed by atoms with van der Waals surface area (Å²) in [5.74, 6) is 0. The van der Waals surface area contributed by atoms with Crippen molar-refractivity contribution in [3.63, 3.8) is 0 Å². The standard InChI is InChI=1S/C17H26O/c1-2-3-4-5-6-7-8-12-15-18-16-17-13-10-9-11-14-17/h2,9-11,13,16H,1,3-8,12,14-15H2. The largest absolute Gasteiger partial charge is 0.501 e. The van der Waals surface area contributed by atoms with Gasteiger partial charge in [-0.1, -0.05) is 56.1 Å². The quantitative estimate of drug-likeness (QED) is 0.288. The molecule has 0 radical (unpaired) electrons. The van der Waals surface area contributed by atoms with Crippen molar-refractivity contribution in [2.24, 2.45) is 0 Å². The normalized spacial score (nSPS) is 16.1. The van der Waals surface area contributed by atoms with E-state index < -0.39 is 0 Å². The molecule has 0 aromatic heterocycles. The van der Waals surface area contributed by atoms with Crippen molar-refractivity contribution in [3.8, 4) is 0 Å². The lowest BCUT2D eigenvalue weighted by Crippen LogP contribution is -1.90. The minimum atomic E-state index is 0.855. The molecule has 0 atom stereocenters. The molecule has 100 valence electrons. The van der Waals surface area contributed by atoms with Crippen molar-refractivity contribution in [1.82, 2.24) is 0 Å². The van der Waals surface area contributed by atoms with Gasteiger partial charge in [0.05, 0.1) is 12.9 Å². The lowest BCUT2D eigenvalue weighted by Gasteiger charge is -2.05. The van der Waals surface area contributed by atoms with Crippen molar-refractivity contribution in [2.75, 3.05) is 6.61 Å². The molecule has 0 spiro atoms. The minimum Gasteiger partial charge on any atom is -0.501 e. The predicted molar refractivity (Wildman–Crippen MR) is 79.4 cm³/mol. The van der Waals surface area contributed by atoms with E-state index in [1.54, 1.807) is 0 Å². The first-order valence-electron chi connectivity index (χ1n) is 7.18. The molecule has 1 rings (SSSR count). The molecule has 1 aliphatic rings. The van der Waals surface area contributed by atoms with Crippen LogP contribution in [-0.4, -0.2) is 6.61 Å². The van der Waals surface area contributed by atoms with Gasteiger partial charge in [0.25, 0.3) is 0 Å². The van der Waals surface area contributed by atoms with E-state index in [1.165, 1.54) is 50.5 Å². The molecule has 0 saturated carbocycles. The zero-order valence-electron chi connectivity index (χ0n) is 11.4. The Kier molecular flexibility index (Phi) is 8.96. The highest BCUT2D eigenvalue weighted by molar-refractivity contribution is 5.28. The first kappa shape index (κ1) is 14.8. The van der Waals surface area contributed by atoms with Crippen molar-refractivity contribution in [1.29, 1.82) is 0 Å². The van der Waals surface area contributed by atoms with Crippen LogP contribution >= 0.6 is 0 Å². The van der Waals surface area contributed by atoms with Crippen LogP contribution in [0.1, 0.15) is 51.4 Å². The van der Waals surface area contributed by atoms with Gasteiger partial charge in [-0.25, -0.2) is 0 Å². The van der Waals surface area contributed by atoms with Crippen LogP contribution in [0.5, 0.6) is 0 Å². The molecule has 0 aromatic carbocycles. The summed E-state index contributed by atoms with van der Waals surface area (Å²) < 4.78 is 5.56. The second-order valence-corrected chi connectivity index (χ2v) is 4.75. The van der Waals surface area contributed by atoms with E-state index in [4.69, 9.17) is 4.74 Å². The smallest absolute Gasteiger partial charge is 0.0873 e. The lowest BCUT2D eigenvalue weighted by molar-refractivity contribution is 0.238. The molecule has 0 fully saturated rings. The van der Waals surface area contributed by atoms with E-state index in [9.17, 15) is 0 Å². The van der Waals surface area contributed by atoms with Gasteiger partial charge in [0.1, 0.15) is 0 Å². The van der Waals surface area contributed by atoms with Crippen LogP contribution in [0.25, 0.3) is 0 Å². The van der Waals surface area contributed by atoms with Gasteiger partial charge in [-0.05, 0) is 31.3 Å². The molecule has 1 nitrogen and oxygen atoms in total. The van der Waals surface area contributed by atoms with Crippen molar-refractivity contribution in [2.45, 2.75) is 51.4 Å². The van der Waals surface area contributed by atoms with E-state index in [1.807, 2.05) is 12.3 Å². The summed E-state index contributed by atoms with van der Waals surface area (Å²) in [6.07, 6.45) is 22.3. The van der Waals surface area contributed by atoms with Gasteiger partial charge in [0, 0.05) is 0 Å². The maximum absolute atomic E-state index is 5.56. The molecular weight excluding hydrogens is 220 g/mol. The minimum absolute atomic E-state index is 0.855. The first-order chi connectivity index (χ1) is 8.93. The molecule has 1 heteroatoms. The SMILES string of the molecule is C=CCCCCCCCCOC=C1C=CC=CC1. The van der Waals surface area contributed by atoms with Crippen molar-refractivity contribution >= 4 is 0 Å². The van der Waals surface area contributed by atoms with Gasteiger partial charge in [-0.2, -0.15) is 0 Å². The molecule has 0 bridgehead atoms. The highest BCUT2D eigenvalue weighted by atomic mass is 16.5. The highest BCUT2D eigenvalue weighted by Gasteiger charge is 1.94. The van der Waals surface area contributed by atoms with Gasteiger partial charge in [0.15, 0.2) is 0 Å². The van der Waals surface area contributed by atoms with E-state index in [-0.39, 0.29) is 0 Å².